The lowest BCUT2D eigenvalue weighted by Crippen LogP contribution is -2.39. The number of carbonyl (C=O) groups is 2. The zero-order valence-electron chi connectivity index (χ0n) is 16.1. The molecule has 1 saturated heterocycles. The third-order valence-corrected chi connectivity index (χ3v) is 5.47. The van der Waals surface area contributed by atoms with Crippen LogP contribution in [0.1, 0.15) is 35.6 Å². The molecule has 5 heteroatoms. The molecule has 2 amide bonds. The van der Waals surface area contributed by atoms with E-state index in [2.05, 4.69) is 42.3 Å². The van der Waals surface area contributed by atoms with E-state index in [-0.39, 0.29) is 6.04 Å². The van der Waals surface area contributed by atoms with Gasteiger partial charge in [0.15, 0.2) is 0 Å². The summed E-state index contributed by atoms with van der Waals surface area (Å²) in [6.45, 7) is 4.74. The summed E-state index contributed by atoms with van der Waals surface area (Å²) in [5, 5.41) is 3.63. The molecule has 1 aliphatic heterocycles. The summed E-state index contributed by atoms with van der Waals surface area (Å²) < 4.78 is 0. The van der Waals surface area contributed by atoms with E-state index in [1.165, 1.54) is 11.1 Å². The van der Waals surface area contributed by atoms with Gasteiger partial charge in [-0.1, -0.05) is 36.4 Å². The number of para-hydroxylation sites is 1. The molecular weight excluding hydrogens is 350 g/mol. The van der Waals surface area contributed by atoms with Crippen molar-refractivity contribution in [3.8, 4) is 0 Å². The van der Waals surface area contributed by atoms with Crippen LogP contribution < -0.4 is 5.32 Å². The maximum absolute atomic E-state index is 12.8. The summed E-state index contributed by atoms with van der Waals surface area (Å²) in [7, 11) is 0. The van der Waals surface area contributed by atoms with Crippen molar-refractivity contribution >= 4 is 28.4 Å². The molecule has 4 rings (SSSR count). The van der Waals surface area contributed by atoms with Crippen LogP contribution in [0.2, 0.25) is 0 Å². The van der Waals surface area contributed by atoms with Crippen LogP contribution in [-0.2, 0) is 9.59 Å². The van der Waals surface area contributed by atoms with E-state index >= 15 is 0 Å². The average Bonchev–Trinajstić information content (AvgIpc) is 3.19. The minimum Gasteiger partial charge on any atom is -0.327 e. The summed E-state index contributed by atoms with van der Waals surface area (Å²) in [5.74, 6) is -1.11. The summed E-state index contributed by atoms with van der Waals surface area (Å²) in [4.78, 5) is 31.5. The van der Waals surface area contributed by atoms with E-state index in [9.17, 15) is 9.59 Å². The maximum Gasteiger partial charge on any atom is 0.313 e. The molecule has 1 aromatic heterocycles. The standard InChI is InChI=1S/C23H23N3O2/c1-15-9-10-18(12-16(15)2)21-8-5-11-26(21)23(28)22(27)25-19-13-17-6-3-4-7-20(17)24-14-19/h3-4,6-7,9-10,12-14,21H,5,8,11H2,1-2H3,(H,25,27)/t21-/m0/s1. The number of rotatable bonds is 2. The van der Waals surface area contributed by atoms with Crippen LogP contribution in [0.5, 0.6) is 0 Å². The molecule has 142 valence electrons. The van der Waals surface area contributed by atoms with E-state index in [0.717, 1.165) is 29.3 Å². The van der Waals surface area contributed by atoms with E-state index in [4.69, 9.17) is 0 Å². The molecule has 0 aliphatic carbocycles. The Balaban J connectivity index is 1.51. The van der Waals surface area contributed by atoms with Gasteiger partial charge in [-0.2, -0.15) is 0 Å². The van der Waals surface area contributed by atoms with E-state index in [1.807, 2.05) is 30.3 Å². The van der Waals surface area contributed by atoms with Crippen molar-refractivity contribution in [3.63, 3.8) is 0 Å². The molecule has 1 aliphatic rings. The van der Waals surface area contributed by atoms with Gasteiger partial charge >= 0.3 is 11.8 Å². The fourth-order valence-electron chi connectivity index (χ4n) is 3.78. The molecule has 2 heterocycles. The molecule has 0 unspecified atom stereocenters. The lowest BCUT2D eigenvalue weighted by Gasteiger charge is -2.25. The highest BCUT2D eigenvalue weighted by atomic mass is 16.2. The van der Waals surface area contributed by atoms with Gasteiger partial charge < -0.3 is 10.2 Å². The number of nitrogens with zero attached hydrogens (tertiary/aromatic N) is 2. The highest BCUT2D eigenvalue weighted by Gasteiger charge is 2.33. The van der Waals surface area contributed by atoms with E-state index in [0.29, 0.717) is 12.2 Å². The van der Waals surface area contributed by atoms with Gasteiger partial charge in [0.25, 0.3) is 0 Å². The topological polar surface area (TPSA) is 62.3 Å². The third kappa shape index (κ3) is 3.48. The Bertz CT molecular complexity index is 1060. The number of fused-ring (bicyclic) bond motifs is 1. The van der Waals surface area contributed by atoms with Gasteiger partial charge in [0.1, 0.15) is 0 Å². The van der Waals surface area contributed by atoms with Crippen molar-refractivity contribution in [1.29, 1.82) is 0 Å². The van der Waals surface area contributed by atoms with Crippen molar-refractivity contribution in [2.45, 2.75) is 32.7 Å². The number of aryl methyl sites for hydroxylation is 2. The Hall–Kier alpha value is -3.21. The molecular formula is C23H23N3O2. The van der Waals surface area contributed by atoms with Crippen molar-refractivity contribution < 1.29 is 9.59 Å². The maximum atomic E-state index is 12.8. The van der Waals surface area contributed by atoms with Crippen LogP contribution in [-0.4, -0.2) is 28.2 Å². The number of benzene rings is 2. The molecule has 1 fully saturated rings. The molecule has 0 saturated carbocycles. The number of amides is 2. The lowest BCUT2D eigenvalue weighted by molar-refractivity contribution is -0.143. The zero-order chi connectivity index (χ0) is 19.7. The second-order valence-corrected chi connectivity index (χ2v) is 7.37. The number of likely N-dealkylation sites (tertiary alicyclic amines) is 1. The first kappa shape index (κ1) is 18.2. The number of aromatic nitrogens is 1. The lowest BCUT2D eigenvalue weighted by atomic mass is 9.99. The Morgan fingerprint density at radius 3 is 2.71 bits per heavy atom. The van der Waals surface area contributed by atoms with Crippen LogP contribution in [0.4, 0.5) is 5.69 Å². The Morgan fingerprint density at radius 2 is 1.89 bits per heavy atom. The molecule has 2 aromatic carbocycles. The normalized spacial score (nSPS) is 16.4. The average molecular weight is 373 g/mol. The fraction of sp³-hybridized carbons (Fsp3) is 0.261. The minimum atomic E-state index is -0.618. The molecule has 28 heavy (non-hydrogen) atoms. The summed E-state index contributed by atoms with van der Waals surface area (Å²) in [6, 6.07) is 15.7. The number of anilines is 1. The van der Waals surface area contributed by atoms with Crippen LogP contribution in [0.3, 0.4) is 0 Å². The first-order valence-electron chi connectivity index (χ1n) is 9.57. The quantitative estimate of drug-likeness (QED) is 0.686. The molecule has 5 nitrogen and oxygen atoms in total. The number of nitrogens with one attached hydrogen (secondary N) is 1. The second kappa shape index (κ2) is 7.43. The Morgan fingerprint density at radius 1 is 1.07 bits per heavy atom. The van der Waals surface area contributed by atoms with Gasteiger partial charge in [-0.25, -0.2) is 0 Å². The summed E-state index contributed by atoms with van der Waals surface area (Å²) in [5.41, 5.74) is 4.89. The largest absolute Gasteiger partial charge is 0.327 e. The SMILES string of the molecule is Cc1ccc([C@@H]2CCCN2C(=O)C(=O)Nc2cnc3ccccc3c2)cc1C. The number of pyridine rings is 1. The zero-order valence-corrected chi connectivity index (χ0v) is 16.1. The van der Waals surface area contributed by atoms with E-state index in [1.54, 1.807) is 11.1 Å². The molecule has 1 N–H and O–H groups in total. The van der Waals surface area contributed by atoms with Crippen LogP contribution in [0.25, 0.3) is 10.9 Å². The summed E-state index contributed by atoms with van der Waals surface area (Å²) in [6.07, 6.45) is 3.35. The van der Waals surface area contributed by atoms with Crippen LogP contribution in [0, 0.1) is 13.8 Å². The highest BCUT2D eigenvalue weighted by Crippen LogP contribution is 2.33. The molecule has 3 aromatic rings. The van der Waals surface area contributed by atoms with Gasteiger partial charge in [0.05, 0.1) is 23.4 Å². The van der Waals surface area contributed by atoms with Gasteiger partial charge in [-0.3, -0.25) is 14.6 Å². The minimum absolute atomic E-state index is 0.0488. The van der Waals surface area contributed by atoms with Crippen molar-refractivity contribution in [3.05, 3.63) is 71.4 Å². The number of carbonyl (C=O) groups excluding carboxylic acids is 2. The van der Waals surface area contributed by atoms with Crippen LogP contribution in [0.15, 0.2) is 54.7 Å². The molecule has 0 spiro atoms. The number of hydrogen-bond donors (Lipinski definition) is 1. The van der Waals surface area contributed by atoms with Crippen LogP contribution >= 0.6 is 0 Å². The van der Waals surface area contributed by atoms with E-state index < -0.39 is 11.8 Å². The Kier molecular flexibility index (Phi) is 4.82. The smallest absolute Gasteiger partial charge is 0.313 e. The van der Waals surface area contributed by atoms with Gasteiger partial charge in [-0.05, 0) is 55.5 Å². The van der Waals surface area contributed by atoms with Gasteiger partial charge in [0, 0.05) is 11.9 Å². The molecule has 0 bridgehead atoms. The van der Waals surface area contributed by atoms with Crippen molar-refractivity contribution in [2.24, 2.45) is 0 Å². The molecule has 0 radical (unpaired) electrons. The first-order valence-corrected chi connectivity index (χ1v) is 9.57. The highest BCUT2D eigenvalue weighted by molar-refractivity contribution is 6.39. The van der Waals surface area contributed by atoms with Crippen molar-refractivity contribution in [1.82, 2.24) is 9.88 Å². The van der Waals surface area contributed by atoms with Gasteiger partial charge in [0.2, 0.25) is 0 Å². The first-order chi connectivity index (χ1) is 13.5. The van der Waals surface area contributed by atoms with Gasteiger partial charge in [-0.15, -0.1) is 0 Å². The second-order valence-electron chi connectivity index (χ2n) is 7.37. The Labute approximate surface area is 164 Å². The predicted molar refractivity (Wildman–Crippen MR) is 110 cm³/mol. The fourth-order valence-corrected chi connectivity index (χ4v) is 3.78. The third-order valence-electron chi connectivity index (χ3n) is 5.47. The summed E-state index contributed by atoms with van der Waals surface area (Å²) >= 11 is 0. The number of hydrogen-bond acceptors (Lipinski definition) is 3. The molecule has 1 atom stereocenters. The predicted octanol–water partition coefficient (Wildman–Crippen LogP) is 4.15. The van der Waals surface area contributed by atoms with Crippen molar-refractivity contribution in [2.75, 3.05) is 11.9 Å². The monoisotopic (exact) mass is 373 g/mol.